The molecule has 1 heterocycles. The highest BCUT2D eigenvalue weighted by atomic mass is 32.2. The lowest BCUT2D eigenvalue weighted by atomic mass is 9.99. The number of nitrogens with one attached hydrogen (secondary N) is 1. The van der Waals surface area contributed by atoms with Gasteiger partial charge in [0.1, 0.15) is 5.75 Å². The SMILES string of the molecule is COc1ccc(S(=O)(=O)Nc2ccc(N3CCC(C)CC3)cc2)cc1C. The fraction of sp³-hybridized carbons (Fsp3) is 0.400. The molecule has 1 aliphatic heterocycles. The van der Waals surface area contributed by atoms with Crippen molar-refractivity contribution in [1.29, 1.82) is 0 Å². The molecular weight excluding hydrogens is 348 g/mol. The zero-order valence-corrected chi connectivity index (χ0v) is 16.3. The van der Waals surface area contributed by atoms with Gasteiger partial charge >= 0.3 is 0 Å². The molecule has 0 radical (unpaired) electrons. The molecule has 2 aromatic carbocycles. The average molecular weight is 375 g/mol. The summed E-state index contributed by atoms with van der Waals surface area (Å²) in [4.78, 5) is 2.58. The van der Waals surface area contributed by atoms with Gasteiger partial charge in [0.05, 0.1) is 12.0 Å². The first-order valence-corrected chi connectivity index (χ1v) is 10.4. The van der Waals surface area contributed by atoms with E-state index >= 15 is 0 Å². The van der Waals surface area contributed by atoms with Gasteiger partial charge in [-0.15, -0.1) is 0 Å². The van der Waals surface area contributed by atoms with Crippen LogP contribution in [0.5, 0.6) is 5.75 Å². The van der Waals surface area contributed by atoms with Crippen LogP contribution in [0.15, 0.2) is 47.4 Å². The van der Waals surface area contributed by atoms with E-state index in [2.05, 4.69) is 16.5 Å². The van der Waals surface area contributed by atoms with Crippen LogP contribution in [0.4, 0.5) is 11.4 Å². The van der Waals surface area contributed by atoms with Crippen LogP contribution >= 0.6 is 0 Å². The summed E-state index contributed by atoms with van der Waals surface area (Å²) in [5.41, 5.74) is 2.48. The van der Waals surface area contributed by atoms with E-state index < -0.39 is 10.0 Å². The first kappa shape index (κ1) is 18.6. The molecule has 5 nitrogen and oxygen atoms in total. The van der Waals surface area contributed by atoms with E-state index in [0.29, 0.717) is 11.4 Å². The maximum Gasteiger partial charge on any atom is 0.261 e. The first-order valence-electron chi connectivity index (χ1n) is 8.91. The van der Waals surface area contributed by atoms with Gasteiger partial charge in [-0.05, 0) is 73.7 Å². The third-order valence-corrected chi connectivity index (χ3v) is 6.32. The maximum absolute atomic E-state index is 12.6. The van der Waals surface area contributed by atoms with Crippen molar-refractivity contribution in [2.75, 3.05) is 29.8 Å². The molecule has 1 saturated heterocycles. The molecule has 1 fully saturated rings. The van der Waals surface area contributed by atoms with Gasteiger partial charge < -0.3 is 9.64 Å². The predicted octanol–water partition coefficient (Wildman–Crippen LogP) is 4.04. The Labute approximate surface area is 156 Å². The molecule has 1 N–H and O–H groups in total. The van der Waals surface area contributed by atoms with E-state index in [1.807, 2.05) is 31.2 Å². The minimum Gasteiger partial charge on any atom is -0.496 e. The first-order chi connectivity index (χ1) is 12.4. The van der Waals surface area contributed by atoms with E-state index in [-0.39, 0.29) is 4.90 Å². The number of methoxy groups -OCH3 is 1. The molecule has 140 valence electrons. The highest BCUT2D eigenvalue weighted by Gasteiger charge is 2.18. The Hall–Kier alpha value is -2.21. The lowest BCUT2D eigenvalue weighted by molar-refractivity contribution is 0.411. The average Bonchev–Trinajstić information content (AvgIpc) is 2.63. The normalized spacial score (nSPS) is 15.7. The zero-order chi connectivity index (χ0) is 18.7. The van der Waals surface area contributed by atoms with Crippen LogP contribution in [0.1, 0.15) is 25.3 Å². The number of aryl methyl sites for hydroxylation is 1. The largest absolute Gasteiger partial charge is 0.496 e. The molecule has 0 aromatic heterocycles. The number of piperidine rings is 1. The van der Waals surface area contributed by atoms with Crippen molar-refractivity contribution in [3.8, 4) is 5.75 Å². The van der Waals surface area contributed by atoms with Crippen molar-refractivity contribution in [3.05, 3.63) is 48.0 Å². The number of sulfonamides is 1. The summed E-state index contributed by atoms with van der Waals surface area (Å²) in [5.74, 6) is 1.45. The smallest absolute Gasteiger partial charge is 0.261 e. The molecule has 0 aliphatic carbocycles. The van der Waals surface area contributed by atoms with Crippen LogP contribution < -0.4 is 14.4 Å². The molecule has 1 aliphatic rings. The van der Waals surface area contributed by atoms with Gasteiger partial charge in [0.2, 0.25) is 0 Å². The van der Waals surface area contributed by atoms with Gasteiger partial charge in [-0.2, -0.15) is 0 Å². The van der Waals surface area contributed by atoms with Crippen molar-refractivity contribution < 1.29 is 13.2 Å². The van der Waals surface area contributed by atoms with Crippen molar-refractivity contribution in [3.63, 3.8) is 0 Å². The summed E-state index contributed by atoms with van der Waals surface area (Å²) in [6.45, 7) is 6.22. The van der Waals surface area contributed by atoms with Gasteiger partial charge in [0.25, 0.3) is 10.0 Å². The van der Waals surface area contributed by atoms with Crippen LogP contribution in [-0.2, 0) is 10.0 Å². The highest BCUT2D eigenvalue weighted by molar-refractivity contribution is 7.92. The molecule has 2 aromatic rings. The second kappa shape index (κ2) is 7.58. The van der Waals surface area contributed by atoms with Crippen LogP contribution in [0.2, 0.25) is 0 Å². The fourth-order valence-corrected chi connectivity index (χ4v) is 4.38. The summed E-state index contributed by atoms with van der Waals surface area (Å²) >= 11 is 0. The summed E-state index contributed by atoms with van der Waals surface area (Å²) in [5, 5.41) is 0. The van der Waals surface area contributed by atoms with Crippen LogP contribution in [0.3, 0.4) is 0 Å². The summed E-state index contributed by atoms with van der Waals surface area (Å²) in [7, 11) is -2.06. The van der Waals surface area contributed by atoms with E-state index in [4.69, 9.17) is 4.74 Å². The number of anilines is 2. The van der Waals surface area contributed by atoms with Gasteiger partial charge in [0.15, 0.2) is 0 Å². The summed E-state index contributed by atoms with van der Waals surface area (Å²) in [6, 6.07) is 12.4. The zero-order valence-electron chi connectivity index (χ0n) is 15.5. The van der Waals surface area contributed by atoms with Gasteiger partial charge in [-0.1, -0.05) is 6.92 Å². The Morgan fingerprint density at radius 1 is 1.08 bits per heavy atom. The predicted molar refractivity (Wildman–Crippen MR) is 106 cm³/mol. The maximum atomic E-state index is 12.6. The molecule has 0 bridgehead atoms. The second-order valence-corrected chi connectivity index (χ2v) is 8.64. The molecular formula is C20H26N2O3S. The lowest BCUT2D eigenvalue weighted by Gasteiger charge is -2.32. The van der Waals surface area contributed by atoms with E-state index in [1.54, 1.807) is 25.3 Å². The quantitative estimate of drug-likeness (QED) is 0.858. The number of ether oxygens (including phenoxy) is 1. The minimum absolute atomic E-state index is 0.227. The Morgan fingerprint density at radius 3 is 2.31 bits per heavy atom. The number of nitrogens with zero attached hydrogens (tertiary/aromatic N) is 1. The molecule has 26 heavy (non-hydrogen) atoms. The molecule has 0 saturated carbocycles. The standard InChI is InChI=1S/C20H26N2O3S/c1-15-10-12-22(13-11-15)18-6-4-17(5-7-18)21-26(23,24)19-8-9-20(25-3)16(2)14-19/h4-9,14-15,21H,10-13H2,1-3H3. The van der Waals surface area contributed by atoms with Crippen molar-refractivity contribution in [1.82, 2.24) is 0 Å². The van der Waals surface area contributed by atoms with Crippen molar-refractivity contribution >= 4 is 21.4 Å². The second-order valence-electron chi connectivity index (χ2n) is 6.95. The number of rotatable bonds is 5. The van der Waals surface area contributed by atoms with Crippen LogP contribution in [0.25, 0.3) is 0 Å². The Bertz CT molecular complexity index is 855. The monoisotopic (exact) mass is 374 g/mol. The van der Waals surface area contributed by atoms with E-state index in [1.165, 1.54) is 12.8 Å². The Morgan fingerprint density at radius 2 is 1.73 bits per heavy atom. The topological polar surface area (TPSA) is 58.6 Å². The molecule has 0 unspecified atom stereocenters. The summed E-state index contributed by atoms with van der Waals surface area (Å²) in [6.07, 6.45) is 2.40. The molecule has 0 amide bonds. The Kier molecular flexibility index (Phi) is 5.41. The number of hydrogen-bond donors (Lipinski definition) is 1. The van der Waals surface area contributed by atoms with Gasteiger partial charge in [-0.25, -0.2) is 8.42 Å². The fourth-order valence-electron chi connectivity index (χ4n) is 3.24. The molecule has 0 spiro atoms. The van der Waals surface area contributed by atoms with E-state index in [9.17, 15) is 8.42 Å². The third kappa shape index (κ3) is 4.12. The molecule has 3 rings (SSSR count). The van der Waals surface area contributed by atoms with E-state index in [0.717, 1.165) is 30.3 Å². The third-order valence-electron chi connectivity index (χ3n) is 4.94. The number of hydrogen-bond acceptors (Lipinski definition) is 4. The van der Waals surface area contributed by atoms with Crippen LogP contribution in [0, 0.1) is 12.8 Å². The Balaban J connectivity index is 1.72. The van der Waals surface area contributed by atoms with Gasteiger partial charge in [0, 0.05) is 24.5 Å². The molecule has 0 atom stereocenters. The molecule has 6 heteroatoms. The van der Waals surface area contributed by atoms with Crippen molar-refractivity contribution in [2.24, 2.45) is 5.92 Å². The van der Waals surface area contributed by atoms with Crippen molar-refractivity contribution in [2.45, 2.75) is 31.6 Å². The van der Waals surface area contributed by atoms with Crippen LogP contribution in [-0.4, -0.2) is 28.6 Å². The lowest BCUT2D eigenvalue weighted by Crippen LogP contribution is -2.32. The minimum atomic E-state index is -3.62. The number of benzene rings is 2. The highest BCUT2D eigenvalue weighted by Crippen LogP contribution is 2.26. The van der Waals surface area contributed by atoms with Gasteiger partial charge in [-0.3, -0.25) is 4.72 Å². The summed E-state index contributed by atoms with van der Waals surface area (Å²) < 4.78 is 33.1.